The summed E-state index contributed by atoms with van der Waals surface area (Å²) in [6, 6.07) is 0. The summed E-state index contributed by atoms with van der Waals surface area (Å²) < 4.78 is 0. The van der Waals surface area contributed by atoms with Crippen molar-refractivity contribution in [1.29, 1.82) is 0 Å². The van der Waals surface area contributed by atoms with E-state index in [0.717, 1.165) is 32.1 Å². The molecule has 4 aliphatic carbocycles. The van der Waals surface area contributed by atoms with Gasteiger partial charge < -0.3 is 0 Å². The predicted molar refractivity (Wildman–Crippen MR) is 58.8 cm³/mol. The van der Waals surface area contributed by atoms with Crippen LogP contribution in [0.15, 0.2) is 0 Å². The van der Waals surface area contributed by atoms with E-state index < -0.39 is 0 Å². The van der Waals surface area contributed by atoms with Crippen molar-refractivity contribution in [2.75, 3.05) is 6.61 Å². The lowest BCUT2D eigenvalue weighted by Crippen LogP contribution is -2.55. The average Bonchev–Trinajstić information content (AvgIpc) is 2.14. The zero-order chi connectivity index (χ0) is 11.4. The molecule has 0 radical (unpaired) electrons. The number of hydrogen-bond acceptors (Lipinski definition) is 3. The van der Waals surface area contributed by atoms with Crippen molar-refractivity contribution in [2.45, 2.75) is 45.4 Å². The summed E-state index contributed by atoms with van der Waals surface area (Å²) in [7, 11) is 0. The number of rotatable bonds is 3. The summed E-state index contributed by atoms with van der Waals surface area (Å²) >= 11 is 0. The third kappa shape index (κ3) is 1.37. The molecule has 4 bridgehead atoms. The first-order chi connectivity index (χ1) is 7.57. The Bertz CT molecular complexity index is 309. The van der Waals surface area contributed by atoms with E-state index in [0.29, 0.717) is 24.2 Å². The lowest BCUT2D eigenvalue weighted by atomic mass is 9.43. The van der Waals surface area contributed by atoms with Crippen LogP contribution in [0.3, 0.4) is 0 Å². The van der Waals surface area contributed by atoms with Gasteiger partial charge in [-0.2, -0.15) is 0 Å². The van der Waals surface area contributed by atoms with Gasteiger partial charge in [-0.25, -0.2) is 4.89 Å². The molecule has 0 aliphatic heterocycles. The highest BCUT2D eigenvalue weighted by molar-refractivity contribution is 5.83. The smallest absolute Gasteiger partial charge is 0.136 e. The third-order valence-electron chi connectivity index (χ3n) is 5.30. The van der Waals surface area contributed by atoms with E-state index in [9.17, 15) is 4.79 Å². The molecular formula is C13H20O3. The number of Topliss-reactive ketones (excluding diaryl/α,β-unsaturated/α-hetero) is 1. The normalized spacial score (nSPS) is 49.6. The first kappa shape index (κ1) is 10.7. The first-order valence-corrected chi connectivity index (χ1v) is 6.35. The van der Waals surface area contributed by atoms with Gasteiger partial charge >= 0.3 is 0 Å². The lowest BCUT2D eigenvalue weighted by molar-refractivity contribution is -0.281. The standard InChI is InChI=1S/C13H20O3/c1-9(14)13-5-10-2-11(6-13)4-12(3-10,7-13)8-16-15/h10-11,15H,2-8H2,1H3. The summed E-state index contributed by atoms with van der Waals surface area (Å²) in [5.41, 5.74) is 0.0348. The van der Waals surface area contributed by atoms with Gasteiger partial charge in [-0.3, -0.25) is 10.1 Å². The Hall–Kier alpha value is -0.410. The van der Waals surface area contributed by atoms with Gasteiger partial charge in [0, 0.05) is 5.41 Å². The summed E-state index contributed by atoms with van der Waals surface area (Å²) in [6.45, 7) is 2.18. The van der Waals surface area contributed by atoms with E-state index in [1.807, 2.05) is 0 Å². The van der Waals surface area contributed by atoms with Crippen molar-refractivity contribution in [3.05, 3.63) is 0 Å². The maximum atomic E-state index is 11.9. The van der Waals surface area contributed by atoms with Crippen LogP contribution in [0, 0.1) is 22.7 Å². The molecule has 2 unspecified atom stereocenters. The third-order valence-corrected chi connectivity index (χ3v) is 5.30. The summed E-state index contributed by atoms with van der Waals surface area (Å²) in [6.07, 6.45) is 6.72. The Balaban J connectivity index is 1.93. The molecule has 0 amide bonds. The van der Waals surface area contributed by atoms with E-state index in [-0.39, 0.29) is 10.8 Å². The summed E-state index contributed by atoms with van der Waals surface area (Å²) in [5.74, 6) is 1.75. The molecule has 3 nitrogen and oxygen atoms in total. The van der Waals surface area contributed by atoms with E-state index in [4.69, 9.17) is 5.26 Å². The second kappa shape index (κ2) is 3.30. The lowest BCUT2D eigenvalue weighted by Gasteiger charge is -2.61. The van der Waals surface area contributed by atoms with Crippen LogP contribution >= 0.6 is 0 Å². The molecule has 90 valence electrons. The molecule has 4 rings (SSSR count). The summed E-state index contributed by atoms with van der Waals surface area (Å²) in [4.78, 5) is 16.4. The van der Waals surface area contributed by atoms with E-state index in [1.165, 1.54) is 6.42 Å². The fourth-order valence-electron chi connectivity index (χ4n) is 5.17. The fraction of sp³-hybridized carbons (Fsp3) is 0.923. The highest BCUT2D eigenvalue weighted by atomic mass is 17.1. The largest absolute Gasteiger partial charge is 0.299 e. The molecule has 0 heterocycles. The van der Waals surface area contributed by atoms with Crippen LogP contribution in [-0.2, 0) is 9.68 Å². The summed E-state index contributed by atoms with van der Waals surface area (Å²) in [5, 5.41) is 8.76. The Morgan fingerprint density at radius 2 is 1.94 bits per heavy atom. The van der Waals surface area contributed by atoms with Crippen molar-refractivity contribution in [2.24, 2.45) is 22.7 Å². The maximum absolute atomic E-state index is 11.9. The molecule has 0 aromatic rings. The fourth-order valence-corrected chi connectivity index (χ4v) is 5.17. The van der Waals surface area contributed by atoms with E-state index in [1.54, 1.807) is 6.92 Å². The van der Waals surface area contributed by atoms with Crippen LogP contribution in [0.5, 0.6) is 0 Å². The molecule has 3 heteroatoms. The minimum Gasteiger partial charge on any atom is -0.299 e. The monoisotopic (exact) mass is 224 g/mol. The Kier molecular flexibility index (Phi) is 2.21. The van der Waals surface area contributed by atoms with Gasteiger partial charge in [0.1, 0.15) is 5.78 Å². The number of carbonyl (C=O) groups excluding carboxylic acids is 1. The van der Waals surface area contributed by atoms with E-state index in [2.05, 4.69) is 4.89 Å². The maximum Gasteiger partial charge on any atom is 0.136 e. The van der Waals surface area contributed by atoms with Crippen LogP contribution in [0.4, 0.5) is 0 Å². The molecule has 1 N–H and O–H groups in total. The highest BCUT2D eigenvalue weighted by Gasteiger charge is 2.59. The molecule has 0 saturated heterocycles. The van der Waals surface area contributed by atoms with Gasteiger partial charge in [-0.1, -0.05) is 0 Å². The van der Waals surface area contributed by atoms with Gasteiger partial charge in [0.2, 0.25) is 0 Å². The number of ketones is 1. The number of carbonyl (C=O) groups is 1. The molecule has 2 atom stereocenters. The van der Waals surface area contributed by atoms with Crippen molar-refractivity contribution >= 4 is 5.78 Å². The van der Waals surface area contributed by atoms with Gasteiger partial charge in [-0.05, 0) is 62.7 Å². The Morgan fingerprint density at radius 3 is 2.44 bits per heavy atom. The van der Waals surface area contributed by atoms with E-state index >= 15 is 0 Å². The molecule has 4 saturated carbocycles. The molecule has 0 aromatic heterocycles. The van der Waals surface area contributed by atoms with Crippen LogP contribution in [0.25, 0.3) is 0 Å². The Morgan fingerprint density at radius 1 is 1.31 bits per heavy atom. The van der Waals surface area contributed by atoms with Crippen LogP contribution in [0.1, 0.15) is 45.4 Å². The average molecular weight is 224 g/mol. The minimum absolute atomic E-state index is 0.0669. The highest BCUT2D eigenvalue weighted by Crippen LogP contribution is 2.65. The van der Waals surface area contributed by atoms with Crippen LogP contribution < -0.4 is 0 Å². The zero-order valence-electron chi connectivity index (χ0n) is 9.87. The van der Waals surface area contributed by atoms with Crippen molar-refractivity contribution < 1.29 is 14.9 Å². The van der Waals surface area contributed by atoms with Crippen LogP contribution in [-0.4, -0.2) is 17.6 Å². The van der Waals surface area contributed by atoms with Crippen molar-refractivity contribution in [3.63, 3.8) is 0 Å². The van der Waals surface area contributed by atoms with Gasteiger partial charge in [0.05, 0.1) is 6.61 Å². The second-order valence-corrected chi connectivity index (χ2v) is 6.57. The van der Waals surface area contributed by atoms with Crippen LogP contribution in [0.2, 0.25) is 0 Å². The van der Waals surface area contributed by atoms with Gasteiger partial charge in [0.25, 0.3) is 0 Å². The van der Waals surface area contributed by atoms with Crippen molar-refractivity contribution in [3.8, 4) is 0 Å². The minimum atomic E-state index is -0.0669. The molecular weight excluding hydrogens is 204 g/mol. The zero-order valence-corrected chi connectivity index (χ0v) is 9.87. The SMILES string of the molecule is CC(=O)C12CC3CC(CC(COO)(C3)C1)C2. The Labute approximate surface area is 96.1 Å². The van der Waals surface area contributed by atoms with Gasteiger partial charge in [-0.15, -0.1) is 0 Å². The molecule has 0 spiro atoms. The predicted octanol–water partition coefficient (Wildman–Crippen LogP) is 2.65. The second-order valence-electron chi connectivity index (χ2n) is 6.57. The number of hydrogen-bond donors (Lipinski definition) is 1. The van der Waals surface area contributed by atoms with Crippen molar-refractivity contribution in [1.82, 2.24) is 0 Å². The quantitative estimate of drug-likeness (QED) is 0.592. The molecule has 4 fully saturated rings. The molecule has 4 aliphatic rings. The molecule has 0 aromatic carbocycles. The van der Waals surface area contributed by atoms with Gasteiger partial charge in [0.15, 0.2) is 0 Å². The first-order valence-electron chi connectivity index (χ1n) is 6.35. The molecule has 16 heavy (non-hydrogen) atoms. The topological polar surface area (TPSA) is 46.5 Å².